The lowest BCUT2D eigenvalue weighted by Crippen LogP contribution is -2.23. The molecule has 1 N–H and O–H groups in total. The van der Waals surface area contributed by atoms with E-state index >= 15 is 0 Å². The zero-order chi connectivity index (χ0) is 20.5. The minimum atomic E-state index is -0.344. The second-order valence-corrected chi connectivity index (χ2v) is 7.06. The number of ether oxygens (including phenoxy) is 1. The van der Waals surface area contributed by atoms with Crippen molar-refractivity contribution in [2.24, 2.45) is 7.05 Å². The van der Waals surface area contributed by atoms with Crippen LogP contribution in [0.15, 0.2) is 48.7 Å². The summed E-state index contributed by atoms with van der Waals surface area (Å²) in [6.45, 7) is 4.99. The number of rotatable bonds is 5. The summed E-state index contributed by atoms with van der Waals surface area (Å²) in [5.74, 6) is 1.18. The Morgan fingerprint density at radius 1 is 1.21 bits per heavy atom. The van der Waals surface area contributed by atoms with Crippen LogP contribution in [0, 0.1) is 6.92 Å². The molecule has 7 nitrogen and oxygen atoms in total. The Morgan fingerprint density at radius 3 is 2.62 bits per heavy atom. The number of aromatic nitrogens is 2. The van der Waals surface area contributed by atoms with Crippen LogP contribution in [0.5, 0.6) is 11.5 Å². The summed E-state index contributed by atoms with van der Waals surface area (Å²) < 4.78 is 7.69. The van der Waals surface area contributed by atoms with Crippen molar-refractivity contribution in [2.45, 2.75) is 20.4 Å². The van der Waals surface area contributed by atoms with Gasteiger partial charge in [-0.1, -0.05) is 17.7 Å². The van der Waals surface area contributed by atoms with E-state index in [1.807, 2.05) is 38.1 Å². The van der Waals surface area contributed by atoms with E-state index in [-0.39, 0.29) is 11.8 Å². The van der Waals surface area contributed by atoms with Crippen molar-refractivity contribution in [1.82, 2.24) is 14.7 Å². The molecular weight excluding hydrogens is 368 g/mol. The van der Waals surface area contributed by atoms with E-state index in [0.717, 1.165) is 11.1 Å². The highest BCUT2D eigenvalue weighted by molar-refractivity contribution is 6.07. The fraction of sp³-hybridized carbons (Fsp3) is 0.227. The maximum atomic E-state index is 12.8. The molecule has 0 bridgehead atoms. The predicted molar refractivity (Wildman–Crippen MR) is 109 cm³/mol. The second kappa shape index (κ2) is 7.43. The summed E-state index contributed by atoms with van der Waals surface area (Å²) in [5, 5.41) is 6.92. The molecule has 2 heterocycles. The number of hydrogen-bond acceptors (Lipinski definition) is 4. The molecule has 0 unspecified atom stereocenters. The van der Waals surface area contributed by atoms with Crippen molar-refractivity contribution in [3.05, 3.63) is 70.9 Å². The van der Waals surface area contributed by atoms with Gasteiger partial charge in [-0.2, -0.15) is 5.10 Å². The first-order valence-electron chi connectivity index (χ1n) is 9.46. The molecule has 0 spiro atoms. The van der Waals surface area contributed by atoms with Crippen LogP contribution in [0.3, 0.4) is 0 Å². The van der Waals surface area contributed by atoms with Crippen LogP contribution in [0.4, 0.5) is 5.82 Å². The van der Waals surface area contributed by atoms with E-state index in [2.05, 4.69) is 10.4 Å². The number of nitrogens with zero attached hydrogens (tertiary/aromatic N) is 3. The Balaban J connectivity index is 1.71. The minimum Gasteiger partial charge on any atom is -0.457 e. The highest BCUT2D eigenvalue weighted by atomic mass is 16.5. The van der Waals surface area contributed by atoms with Crippen molar-refractivity contribution < 1.29 is 14.3 Å². The molecule has 1 aromatic heterocycles. The number of hydrogen-bond donors (Lipinski definition) is 1. The number of carbonyl (C=O) groups excluding carboxylic acids is 2. The number of anilines is 1. The lowest BCUT2D eigenvalue weighted by Gasteiger charge is -2.13. The molecule has 0 saturated heterocycles. The molecule has 0 aliphatic carbocycles. The van der Waals surface area contributed by atoms with Gasteiger partial charge in [0.15, 0.2) is 5.82 Å². The highest BCUT2D eigenvalue weighted by Crippen LogP contribution is 2.35. The third kappa shape index (κ3) is 3.71. The lowest BCUT2D eigenvalue weighted by atomic mass is 10.0. The smallest absolute Gasteiger partial charge is 0.257 e. The normalized spacial score (nSPS) is 12.8. The van der Waals surface area contributed by atoms with Crippen LogP contribution in [-0.2, 0) is 13.6 Å². The van der Waals surface area contributed by atoms with Gasteiger partial charge in [0.25, 0.3) is 11.8 Å². The molecule has 3 aromatic rings. The summed E-state index contributed by atoms with van der Waals surface area (Å²) in [6.07, 6.45) is 1.74. The van der Waals surface area contributed by atoms with Gasteiger partial charge in [-0.05, 0) is 38.1 Å². The third-order valence-electron chi connectivity index (χ3n) is 4.92. The van der Waals surface area contributed by atoms with Gasteiger partial charge >= 0.3 is 0 Å². The maximum Gasteiger partial charge on any atom is 0.257 e. The predicted octanol–water partition coefficient (Wildman–Crippen LogP) is 3.75. The quantitative estimate of drug-likeness (QED) is 0.720. The van der Waals surface area contributed by atoms with E-state index < -0.39 is 0 Å². The molecule has 0 atom stereocenters. The van der Waals surface area contributed by atoms with Crippen molar-refractivity contribution in [3.8, 4) is 11.5 Å². The van der Waals surface area contributed by atoms with Crippen molar-refractivity contribution in [2.75, 3.05) is 11.9 Å². The van der Waals surface area contributed by atoms with Crippen molar-refractivity contribution in [1.29, 1.82) is 0 Å². The van der Waals surface area contributed by atoms with Crippen LogP contribution in [0.1, 0.15) is 38.8 Å². The zero-order valence-electron chi connectivity index (χ0n) is 16.6. The van der Waals surface area contributed by atoms with Gasteiger partial charge in [-0.25, -0.2) is 0 Å². The molecule has 148 valence electrons. The van der Waals surface area contributed by atoms with Crippen molar-refractivity contribution >= 4 is 17.6 Å². The standard InChI is InChI=1S/C22H22N4O3/c1-4-26-13-18-17(22(26)28)11-15(21(27)23-20-9-10-25(3)24-20)12-19(18)29-16-7-5-14(2)6-8-16/h5-12H,4,13H2,1-3H3,(H,23,24,27). The molecule has 1 aliphatic rings. The average Bonchev–Trinajstić information content (AvgIpc) is 3.26. The zero-order valence-corrected chi connectivity index (χ0v) is 16.6. The van der Waals surface area contributed by atoms with Crippen LogP contribution in [0.2, 0.25) is 0 Å². The first-order valence-corrected chi connectivity index (χ1v) is 9.46. The van der Waals surface area contributed by atoms with Gasteiger partial charge in [-0.3, -0.25) is 14.3 Å². The Kier molecular flexibility index (Phi) is 4.80. The number of benzene rings is 2. The fourth-order valence-electron chi connectivity index (χ4n) is 3.31. The van der Waals surface area contributed by atoms with E-state index in [1.165, 1.54) is 0 Å². The summed E-state index contributed by atoms with van der Waals surface area (Å²) in [5.41, 5.74) is 2.77. The third-order valence-corrected chi connectivity index (χ3v) is 4.92. The molecule has 29 heavy (non-hydrogen) atoms. The molecule has 7 heteroatoms. The summed E-state index contributed by atoms with van der Waals surface area (Å²) >= 11 is 0. The van der Waals surface area contributed by atoms with Gasteiger partial charge in [-0.15, -0.1) is 0 Å². The molecule has 0 radical (unpaired) electrons. The molecule has 2 aromatic carbocycles. The average molecular weight is 390 g/mol. The highest BCUT2D eigenvalue weighted by Gasteiger charge is 2.31. The van der Waals surface area contributed by atoms with Crippen LogP contribution in [0.25, 0.3) is 0 Å². The van der Waals surface area contributed by atoms with Crippen molar-refractivity contribution in [3.63, 3.8) is 0 Å². The Bertz CT molecular complexity index is 1090. The molecular formula is C22H22N4O3. The summed E-state index contributed by atoms with van der Waals surface area (Å²) in [6, 6.07) is 12.7. The number of aryl methyl sites for hydroxylation is 2. The lowest BCUT2D eigenvalue weighted by molar-refractivity contribution is 0.0787. The van der Waals surface area contributed by atoms with E-state index in [0.29, 0.717) is 41.5 Å². The van der Waals surface area contributed by atoms with Gasteiger partial charge < -0.3 is 15.0 Å². The molecule has 2 amide bonds. The first-order chi connectivity index (χ1) is 13.9. The van der Waals surface area contributed by atoms with Gasteiger partial charge in [0.05, 0.1) is 6.54 Å². The largest absolute Gasteiger partial charge is 0.457 e. The van der Waals surface area contributed by atoms with E-state index in [4.69, 9.17) is 4.74 Å². The number of carbonyl (C=O) groups is 2. The van der Waals surface area contributed by atoms with E-state index in [9.17, 15) is 9.59 Å². The molecule has 1 aliphatic heterocycles. The van der Waals surface area contributed by atoms with Gasteiger partial charge in [0.1, 0.15) is 11.5 Å². The SMILES string of the molecule is CCN1Cc2c(Oc3ccc(C)cc3)cc(C(=O)Nc3ccn(C)n3)cc2C1=O. The Morgan fingerprint density at radius 2 is 1.97 bits per heavy atom. The number of nitrogens with one attached hydrogen (secondary N) is 1. The monoisotopic (exact) mass is 390 g/mol. The van der Waals surface area contributed by atoms with Crippen LogP contribution in [-0.4, -0.2) is 33.0 Å². The summed E-state index contributed by atoms with van der Waals surface area (Å²) in [4.78, 5) is 27.3. The molecule has 0 saturated carbocycles. The Labute approximate surface area is 168 Å². The van der Waals surface area contributed by atoms with Crippen LogP contribution < -0.4 is 10.1 Å². The summed E-state index contributed by atoms with van der Waals surface area (Å²) in [7, 11) is 1.77. The number of amides is 2. The number of fused-ring (bicyclic) bond motifs is 1. The van der Waals surface area contributed by atoms with Crippen LogP contribution >= 0.6 is 0 Å². The van der Waals surface area contributed by atoms with Gasteiger partial charge in [0, 0.05) is 42.5 Å². The first kappa shape index (κ1) is 18.7. The van der Waals surface area contributed by atoms with E-state index in [1.54, 1.807) is 41.0 Å². The molecule has 4 rings (SSSR count). The Hall–Kier alpha value is -3.61. The molecule has 0 fully saturated rings. The fourth-order valence-corrected chi connectivity index (χ4v) is 3.31. The minimum absolute atomic E-state index is 0.0938. The topological polar surface area (TPSA) is 76.5 Å². The second-order valence-electron chi connectivity index (χ2n) is 7.06. The van der Waals surface area contributed by atoms with Gasteiger partial charge in [0.2, 0.25) is 0 Å². The maximum absolute atomic E-state index is 12.8.